The van der Waals surface area contributed by atoms with E-state index in [1.807, 2.05) is 44.2 Å². The first-order chi connectivity index (χ1) is 15.3. The molecule has 0 aliphatic carbocycles. The zero-order valence-corrected chi connectivity index (χ0v) is 18.2. The highest BCUT2D eigenvalue weighted by atomic mass is 35.5. The second-order valence-corrected chi connectivity index (χ2v) is 7.83. The molecule has 32 heavy (non-hydrogen) atoms. The quantitative estimate of drug-likeness (QED) is 0.542. The van der Waals surface area contributed by atoms with Crippen LogP contribution in [0.4, 0.5) is 17.1 Å². The number of aryl methyl sites for hydroxylation is 2. The summed E-state index contributed by atoms with van der Waals surface area (Å²) in [6.07, 6.45) is 0. The predicted molar refractivity (Wildman–Crippen MR) is 126 cm³/mol. The summed E-state index contributed by atoms with van der Waals surface area (Å²) in [5.41, 5.74) is 3.88. The van der Waals surface area contributed by atoms with Crippen LogP contribution in [-0.4, -0.2) is 17.7 Å². The second kappa shape index (κ2) is 8.69. The molecule has 0 fully saturated rings. The number of rotatable bonds is 5. The van der Waals surface area contributed by atoms with Crippen LogP contribution in [0.15, 0.2) is 83.5 Å². The fourth-order valence-electron chi connectivity index (χ4n) is 3.36. The predicted octanol–water partition coefficient (Wildman–Crippen LogP) is 4.99. The van der Waals surface area contributed by atoms with Gasteiger partial charge in [-0.05, 0) is 67.4 Å². The van der Waals surface area contributed by atoms with Crippen molar-refractivity contribution in [1.82, 2.24) is 0 Å². The van der Waals surface area contributed by atoms with E-state index in [1.54, 1.807) is 42.5 Å². The van der Waals surface area contributed by atoms with Gasteiger partial charge in [-0.15, -0.1) is 0 Å². The van der Waals surface area contributed by atoms with Gasteiger partial charge in [0.25, 0.3) is 17.7 Å². The number of hydrogen-bond acceptors (Lipinski definition) is 4. The molecule has 1 heterocycles. The van der Waals surface area contributed by atoms with Crippen LogP contribution in [0.3, 0.4) is 0 Å². The van der Waals surface area contributed by atoms with E-state index in [9.17, 15) is 14.4 Å². The highest BCUT2D eigenvalue weighted by Crippen LogP contribution is 2.32. The van der Waals surface area contributed by atoms with E-state index in [1.165, 1.54) is 0 Å². The average Bonchev–Trinajstić information content (AvgIpc) is 3.00. The largest absolute Gasteiger partial charge is 0.350 e. The maximum Gasteiger partial charge on any atom is 0.283 e. The Hall–Kier alpha value is -3.90. The van der Waals surface area contributed by atoms with E-state index in [0.29, 0.717) is 22.6 Å². The number of nitrogens with one attached hydrogen (secondary N) is 2. The van der Waals surface area contributed by atoms with E-state index in [-0.39, 0.29) is 16.6 Å². The molecule has 0 spiro atoms. The Morgan fingerprint density at radius 2 is 1.53 bits per heavy atom. The summed E-state index contributed by atoms with van der Waals surface area (Å²) in [6.45, 7) is 3.71. The molecule has 0 saturated carbocycles. The lowest BCUT2D eigenvalue weighted by Crippen LogP contribution is -2.32. The molecule has 1 aliphatic rings. The van der Waals surface area contributed by atoms with Crippen LogP contribution in [0.5, 0.6) is 0 Å². The van der Waals surface area contributed by atoms with E-state index < -0.39 is 11.8 Å². The van der Waals surface area contributed by atoms with E-state index in [0.717, 1.165) is 16.0 Å². The summed E-state index contributed by atoms with van der Waals surface area (Å²) < 4.78 is 0. The van der Waals surface area contributed by atoms with Crippen LogP contribution in [0.25, 0.3) is 0 Å². The Balaban J connectivity index is 1.51. The molecule has 0 atom stereocenters. The maximum absolute atomic E-state index is 13.0. The van der Waals surface area contributed by atoms with Crippen molar-refractivity contribution in [1.29, 1.82) is 0 Å². The molecule has 0 bridgehead atoms. The summed E-state index contributed by atoms with van der Waals surface area (Å²) in [5, 5.41) is 5.55. The topological polar surface area (TPSA) is 78.5 Å². The molecule has 0 unspecified atom stereocenters. The molecule has 7 heteroatoms. The highest BCUT2D eigenvalue weighted by Gasteiger charge is 2.39. The third-order valence-electron chi connectivity index (χ3n) is 5.08. The fraction of sp³-hybridized carbons (Fsp3) is 0.0800. The van der Waals surface area contributed by atoms with Gasteiger partial charge in [0.1, 0.15) is 10.7 Å². The van der Waals surface area contributed by atoms with Crippen LogP contribution in [0.2, 0.25) is 0 Å². The third-order valence-corrected chi connectivity index (χ3v) is 5.43. The average molecular weight is 446 g/mol. The van der Waals surface area contributed by atoms with Gasteiger partial charge in [-0.25, -0.2) is 4.90 Å². The SMILES string of the molecule is Cc1ccc(C)c(N2C(=O)C(Cl)=C(Nc3ccc(C(=O)Nc4ccccc4)cc3)C2=O)c1. The van der Waals surface area contributed by atoms with Crippen molar-refractivity contribution in [3.63, 3.8) is 0 Å². The minimum Gasteiger partial charge on any atom is -0.350 e. The van der Waals surface area contributed by atoms with Crippen molar-refractivity contribution in [2.45, 2.75) is 13.8 Å². The Kier molecular flexibility index (Phi) is 5.79. The van der Waals surface area contributed by atoms with Gasteiger partial charge in [0.2, 0.25) is 0 Å². The Labute approximate surface area is 190 Å². The van der Waals surface area contributed by atoms with Gasteiger partial charge >= 0.3 is 0 Å². The van der Waals surface area contributed by atoms with Crippen molar-refractivity contribution in [2.75, 3.05) is 15.5 Å². The van der Waals surface area contributed by atoms with E-state index in [2.05, 4.69) is 10.6 Å². The van der Waals surface area contributed by atoms with Gasteiger partial charge in [-0.3, -0.25) is 14.4 Å². The Morgan fingerprint density at radius 3 is 2.22 bits per heavy atom. The number of amides is 3. The lowest BCUT2D eigenvalue weighted by atomic mass is 10.1. The number of para-hydroxylation sites is 1. The van der Waals surface area contributed by atoms with Gasteiger partial charge < -0.3 is 10.6 Å². The van der Waals surface area contributed by atoms with Crippen LogP contribution >= 0.6 is 11.6 Å². The van der Waals surface area contributed by atoms with Crippen LogP contribution < -0.4 is 15.5 Å². The monoisotopic (exact) mass is 445 g/mol. The summed E-state index contributed by atoms with van der Waals surface area (Å²) in [6, 6.07) is 21.2. The van der Waals surface area contributed by atoms with Crippen molar-refractivity contribution in [3.05, 3.63) is 100 Å². The summed E-state index contributed by atoms with van der Waals surface area (Å²) in [5.74, 6) is -1.36. The number of hydrogen-bond donors (Lipinski definition) is 2. The van der Waals surface area contributed by atoms with Crippen LogP contribution in [0, 0.1) is 13.8 Å². The molecule has 4 rings (SSSR count). The first-order valence-electron chi connectivity index (χ1n) is 9.94. The zero-order valence-electron chi connectivity index (χ0n) is 17.5. The van der Waals surface area contributed by atoms with E-state index >= 15 is 0 Å². The molecule has 3 amide bonds. The molecule has 2 N–H and O–H groups in total. The molecule has 0 aromatic heterocycles. The number of benzene rings is 3. The molecule has 0 saturated heterocycles. The number of carbonyl (C=O) groups is 3. The Bertz CT molecular complexity index is 1250. The third kappa shape index (κ3) is 4.13. The lowest BCUT2D eigenvalue weighted by molar-refractivity contribution is -0.120. The molecule has 160 valence electrons. The van der Waals surface area contributed by atoms with Crippen LogP contribution in [0.1, 0.15) is 21.5 Å². The normalized spacial score (nSPS) is 13.5. The van der Waals surface area contributed by atoms with Gasteiger partial charge in [-0.2, -0.15) is 0 Å². The molecule has 3 aromatic rings. The smallest absolute Gasteiger partial charge is 0.283 e. The zero-order chi connectivity index (χ0) is 22.8. The van der Waals surface area contributed by atoms with Crippen LogP contribution in [-0.2, 0) is 9.59 Å². The summed E-state index contributed by atoms with van der Waals surface area (Å²) >= 11 is 6.22. The highest BCUT2D eigenvalue weighted by molar-refractivity contribution is 6.53. The number of anilines is 3. The first-order valence-corrected chi connectivity index (χ1v) is 10.3. The second-order valence-electron chi connectivity index (χ2n) is 7.45. The summed E-state index contributed by atoms with van der Waals surface area (Å²) in [4.78, 5) is 39.2. The van der Waals surface area contributed by atoms with Crippen molar-refractivity contribution < 1.29 is 14.4 Å². The van der Waals surface area contributed by atoms with E-state index in [4.69, 9.17) is 11.6 Å². The minimum atomic E-state index is -0.577. The maximum atomic E-state index is 13.0. The van der Waals surface area contributed by atoms with Gasteiger partial charge in [0.15, 0.2) is 0 Å². The molecule has 6 nitrogen and oxygen atoms in total. The molecule has 0 radical (unpaired) electrons. The molecular formula is C25H20ClN3O3. The van der Waals surface area contributed by atoms with Gasteiger partial charge in [-0.1, -0.05) is 41.9 Å². The number of nitrogens with zero attached hydrogens (tertiary/aromatic N) is 1. The molecular weight excluding hydrogens is 426 g/mol. The van der Waals surface area contributed by atoms with Crippen molar-refractivity contribution in [3.8, 4) is 0 Å². The van der Waals surface area contributed by atoms with Crippen molar-refractivity contribution >= 4 is 46.4 Å². The standard InChI is InChI=1S/C25H20ClN3O3/c1-15-8-9-16(2)20(14-15)29-24(31)21(26)22(25(29)32)27-19-12-10-17(11-13-19)23(30)28-18-6-4-3-5-7-18/h3-14,27H,1-2H3,(H,28,30). The fourth-order valence-corrected chi connectivity index (χ4v) is 3.58. The number of carbonyl (C=O) groups excluding carboxylic acids is 3. The van der Waals surface area contributed by atoms with Crippen molar-refractivity contribution in [2.24, 2.45) is 0 Å². The summed E-state index contributed by atoms with van der Waals surface area (Å²) in [7, 11) is 0. The Morgan fingerprint density at radius 1 is 0.844 bits per heavy atom. The molecule has 3 aromatic carbocycles. The van der Waals surface area contributed by atoms with Gasteiger partial charge in [0.05, 0.1) is 5.69 Å². The number of halogens is 1. The van der Waals surface area contributed by atoms with Gasteiger partial charge in [0, 0.05) is 16.9 Å². The number of imide groups is 1. The first kappa shape index (κ1) is 21.3. The minimum absolute atomic E-state index is 0.000870. The lowest BCUT2D eigenvalue weighted by Gasteiger charge is -2.18. The molecule has 1 aliphatic heterocycles.